The standard InChI is InChI=1S/C20H20N4O3S/c1-25-16-8-13(9-17(26-2)18(16)27-3)10-22-19-20-23-11-15(14-4-7-28-12-14)24(20)6-5-21-19/h4-9,11-12H,10H2,1-3H3,(H,21,22). The molecule has 8 heteroatoms. The maximum absolute atomic E-state index is 5.42. The minimum Gasteiger partial charge on any atom is -0.493 e. The van der Waals surface area contributed by atoms with Gasteiger partial charge in [0.15, 0.2) is 23.0 Å². The molecule has 0 saturated heterocycles. The van der Waals surface area contributed by atoms with Gasteiger partial charge in [-0.15, -0.1) is 0 Å². The zero-order chi connectivity index (χ0) is 19.5. The molecule has 0 bridgehead atoms. The van der Waals surface area contributed by atoms with Crippen LogP contribution in [-0.2, 0) is 6.54 Å². The van der Waals surface area contributed by atoms with E-state index >= 15 is 0 Å². The Balaban J connectivity index is 1.63. The summed E-state index contributed by atoms with van der Waals surface area (Å²) in [6, 6.07) is 5.91. The number of nitrogens with zero attached hydrogens (tertiary/aromatic N) is 3. The Bertz CT molecular complexity index is 1070. The predicted molar refractivity (Wildman–Crippen MR) is 110 cm³/mol. The summed E-state index contributed by atoms with van der Waals surface area (Å²) in [5.41, 5.74) is 3.92. The number of rotatable bonds is 7. The number of hydrogen-bond acceptors (Lipinski definition) is 7. The number of aromatic nitrogens is 3. The Hall–Kier alpha value is -3.26. The molecular weight excluding hydrogens is 376 g/mol. The van der Waals surface area contributed by atoms with Gasteiger partial charge in [0.05, 0.1) is 33.2 Å². The lowest BCUT2D eigenvalue weighted by Crippen LogP contribution is -2.05. The molecule has 0 spiro atoms. The van der Waals surface area contributed by atoms with Crippen LogP contribution in [0.25, 0.3) is 16.9 Å². The molecule has 0 unspecified atom stereocenters. The van der Waals surface area contributed by atoms with Gasteiger partial charge in [0.2, 0.25) is 5.75 Å². The molecule has 0 atom stereocenters. The van der Waals surface area contributed by atoms with Gasteiger partial charge in [-0.2, -0.15) is 11.3 Å². The van der Waals surface area contributed by atoms with E-state index in [4.69, 9.17) is 14.2 Å². The summed E-state index contributed by atoms with van der Waals surface area (Å²) in [4.78, 5) is 9.01. The second kappa shape index (κ2) is 7.77. The van der Waals surface area contributed by atoms with Crippen molar-refractivity contribution in [3.63, 3.8) is 0 Å². The van der Waals surface area contributed by atoms with Crippen molar-refractivity contribution in [3.8, 4) is 28.5 Å². The molecule has 1 N–H and O–H groups in total. The number of benzene rings is 1. The molecule has 28 heavy (non-hydrogen) atoms. The lowest BCUT2D eigenvalue weighted by atomic mass is 10.1. The molecule has 0 fully saturated rings. The highest BCUT2D eigenvalue weighted by Gasteiger charge is 2.14. The molecule has 1 aromatic carbocycles. The smallest absolute Gasteiger partial charge is 0.203 e. The summed E-state index contributed by atoms with van der Waals surface area (Å²) >= 11 is 1.66. The first-order chi connectivity index (χ1) is 13.7. The quantitative estimate of drug-likeness (QED) is 0.507. The summed E-state index contributed by atoms with van der Waals surface area (Å²) in [7, 11) is 4.80. The maximum Gasteiger partial charge on any atom is 0.203 e. The van der Waals surface area contributed by atoms with Gasteiger partial charge in [-0.25, -0.2) is 9.97 Å². The van der Waals surface area contributed by atoms with Crippen LogP contribution in [0.3, 0.4) is 0 Å². The zero-order valence-electron chi connectivity index (χ0n) is 15.8. The first kappa shape index (κ1) is 18.1. The summed E-state index contributed by atoms with van der Waals surface area (Å²) < 4.78 is 18.3. The fraction of sp³-hybridized carbons (Fsp3) is 0.200. The Kier molecular flexibility index (Phi) is 5.03. The number of nitrogens with one attached hydrogen (secondary N) is 1. The van der Waals surface area contributed by atoms with E-state index in [2.05, 4.69) is 32.1 Å². The first-order valence-electron chi connectivity index (χ1n) is 8.62. The van der Waals surface area contributed by atoms with Gasteiger partial charge in [-0.3, -0.25) is 4.40 Å². The van der Waals surface area contributed by atoms with Crippen molar-refractivity contribution < 1.29 is 14.2 Å². The van der Waals surface area contributed by atoms with E-state index in [1.54, 1.807) is 38.9 Å². The van der Waals surface area contributed by atoms with E-state index in [9.17, 15) is 0 Å². The van der Waals surface area contributed by atoms with Crippen LogP contribution in [0.4, 0.5) is 5.82 Å². The third kappa shape index (κ3) is 3.22. The average molecular weight is 396 g/mol. The average Bonchev–Trinajstić information content (AvgIpc) is 3.40. The van der Waals surface area contributed by atoms with Gasteiger partial charge in [-0.1, -0.05) is 0 Å². The topological polar surface area (TPSA) is 69.9 Å². The molecule has 0 aliphatic heterocycles. The molecule has 0 radical (unpaired) electrons. The molecule has 7 nitrogen and oxygen atoms in total. The van der Waals surface area contributed by atoms with E-state index in [0.29, 0.717) is 29.6 Å². The van der Waals surface area contributed by atoms with Crippen LogP contribution in [0.1, 0.15) is 5.56 Å². The highest BCUT2D eigenvalue weighted by atomic mass is 32.1. The number of ether oxygens (including phenoxy) is 3. The third-order valence-corrected chi connectivity index (χ3v) is 5.11. The normalized spacial score (nSPS) is 10.8. The van der Waals surface area contributed by atoms with Crippen LogP contribution in [0.15, 0.2) is 47.5 Å². The highest BCUT2D eigenvalue weighted by Crippen LogP contribution is 2.38. The Morgan fingerprint density at radius 2 is 1.86 bits per heavy atom. The third-order valence-electron chi connectivity index (χ3n) is 4.43. The summed E-state index contributed by atoms with van der Waals surface area (Å²) in [6.45, 7) is 0.532. The van der Waals surface area contributed by atoms with Crippen LogP contribution in [0.2, 0.25) is 0 Å². The van der Waals surface area contributed by atoms with Crippen molar-refractivity contribution >= 4 is 22.8 Å². The zero-order valence-corrected chi connectivity index (χ0v) is 16.6. The van der Waals surface area contributed by atoms with Crippen LogP contribution < -0.4 is 19.5 Å². The predicted octanol–water partition coefficient (Wildman–Crippen LogP) is 4.10. The van der Waals surface area contributed by atoms with Crippen molar-refractivity contribution in [2.75, 3.05) is 26.6 Å². The van der Waals surface area contributed by atoms with Gasteiger partial charge in [0.1, 0.15) is 0 Å². The lowest BCUT2D eigenvalue weighted by Gasteiger charge is -2.14. The fourth-order valence-electron chi connectivity index (χ4n) is 3.09. The Labute approximate surface area is 166 Å². The number of thiophene rings is 1. The largest absolute Gasteiger partial charge is 0.493 e. The number of fused-ring (bicyclic) bond motifs is 1. The van der Waals surface area contributed by atoms with Gasteiger partial charge in [0.25, 0.3) is 0 Å². The molecular formula is C20H20N4O3S. The lowest BCUT2D eigenvalue weighted by molar-refractivity contribution is 0.324. The van der Waals surface area contributed by atoms with Crippen molar-refractivity contribution in [2.24, 2.45) is 0 Å². The summed E-state index contributed by atoms with van der Waals surface area (Å²) in [6.07, 6.45) is 5.55. The molecule has 3 heterocycles. The molecule has 0 aliphatic rings. The van der Waals surface area contributed by atoms with Gasteiger partial charge >= 0.3 is 0 Å². The van der Waals surface area contributed by atoms with E-state index in [0.717, 1.165) is 22.5 Å². The number of methoxy groups -OCH3 is 3. The fourth-order valence-corrected chi connectivity index (χ4v) is 3.74. The molecule has 0 saturated carbocycles. The number of hydrogen-bond donors (Lipinski definition) is 1. The van der Waals surface area contributed by atoms with Crippen molar-refractivity contribution in [1.29, 1.82) is 0 Å². The first-order valence-corrected chi connectivity index (χ1v) is 9.56. The minimum atomic E-state index is 0.532. The summed E-state index contributed by atoms with van der Waals surface area (Å²) in [5.74, 6) is 2.51. The van der Waals surface area contributed by atoms with E-state index in [-0.39, 0.29) is 0 Å². The number of imidazole rings is 1. The molecule has 144 valence electrons. The van der Waals surface area contributed by atoms with E-state index in [1.807, 2.05) is 28.9 Å². The Morgan fingerprint density at radius 3 is 2.50 bits per heavy atom. The van der Waals surface area contributed by atoms with Crippen LogP contribution in [0, 0.1) is 0 Å². The van der Waals surface area contributed by atoms with Gasteiger partial charge in [-0.05, 0) is 29.1 Å². The second-order valence-corrected chi connectivity index (χ2v) is 6.79. The van der Waals surface area contributed by atoms with Gasteiger partial charge in [0, 0.05) is 29.9 Å². The molecule has 0 amide bonds. The van der Waals surface area contributed by atoms with E-state index in [1.165, 1.54) is 0 Å². The molecule has 0 aliphatic carbocycles. The molecule has 4 aromatic rings. The molecule has 4 rings (SSSR count). The molecule has 3 aromatic heterocycles. The number of anilines is 1. The van der Waals surface area contributed by atoms with Crippen LogP contribution >= 0.6 is 11.3 Å². The second-order valence-electron chi connectivity index (χ2n) is 6.01. The monoisotopic (exact) mass is 396 g/mol. The highest BCUT2D eigenvalue weighted by molar-refractivity contribution is 7.08. The van der Waals surface area contributed by atoms with Crippen molar-refractivity contribution in [1.82, 2.24) is 14.4 Å². The SMILES string of the molecule is COc1cc(CNc2nccn3c(-c4ccsc4)cnc23)cc(OC)c1OC. The van der Waals surface area contributed by atoms with Gasteiger partial charge < -0.3 is 19.5 Å². The Morgan fingerprint density at radius 1 is 1.07 bits per heavy atom. The minimum absolute atomic E-state index is 0.532. The van der Waals surface area contributed by atoms with E-state index < -0.39 is 0 Å². The summed E-state index contributed by atoms with van der Waals surface area (Å²) in [5, 5.41) is 7.52. The van der Waals surface area contributed by atoms with Crippen molar-refractivity contribution in [2.45, 2.75) is 6.54 Å². The van der Waals surface area contributed by atoms with Crippen molar-refractivity contribution in [3.05, 3.63) is 53.1 Å². The van der Waals surface area contributed by atoms with Crippen LogP contribution in [-0.4, -0.2) is 35.7 Å². The van der Waals surface area contributed by atoms with Crippen LogP contribution in [0.5, 0.6) is 17.2 Å². The maximum atomic E-state index is 5.42.